The zero-order chi connectivity index (χ0) is 14.1. The summed E-state index contributed by atoms with van der Waals surface area (Å²) in [7, 11) is 0. The number of nitrogens with zero attached hydrogens (tertiary/aromatic N) is 2. The maximum Gasteiger partial charge on any atom is 0.259 e. The minimum absolute atomic E-state index is 0.219. The highest BCUT2D eigenvalue weighted by molar-refractivity contribution is 6.35. The third-order valence-corrected chi connectivity index (χ3v) is 3.35. The molecule has 0 spiro atoms. The quantitative estimate of drug-likeness (QED) is 0.760. The molecule has 3 rings (SSSR count). The van der Waals surface area contributed by atoms with Crippen molar-refractivity contribution in [3.8, 4) is 0 Å². The van der Waals surface area contributed by atoms with Crippen LogP contribution in [-0.2, 0) is 0 Å². The summed E-state index contributed by atoms with van der Waals surface area (Å²) >= 11 is 6.10. The normalized spacial score (nSPS) is 10.7. The van der Waals surface area contributed by atoms with E-state index in [-0.39, 0.29) is 5.91 Å². The van der Waals surface area contributed by atoms with Gasteiger partial charge in [0.1, 0.15) is 0 Å². The molecule has 5 nitrogen and oxygen atoms in total. The highest BCUT2D eigenvalue weighted by Crippen LogP contribution is 2.28. The van der Waals surface area contributed by atoms with Crippen LogP contribution < -0.4 is 5.32 Å². The van der Waals surface area contributed by atoms with E-state index >= 15 is 0 Å². The second-order valence-corrected chi connectivity index (χ2v) is 4.76. The number of carbonyl (C=O) groups excluding carboxylic acids is 1. The summed E-state index contributed by atoms with van der Waals surface area (Å²) in [5.74, 6) is -0.219. The first kappa shape index (κ1) is 12.6. The van der Waals surface area contributed by atoms with Crippen molar-refractivity contribution in [1.82, 2.24) is 15.2 Å². The van der Waals surface area contributed by atoms with Gasteiger partial charge in [-0.15, -0.1) is 0 Å². The number of benzene rings is 1. The molecule has 0 fully saturated rings. The molecule has 0 atom stereocenters. The predicted octanol–water partition coefficient (Wildman–Crippen LogP) is 3.17. The second-order valence-electron chi connectivity index (χ2n) is 4.36. The fourth-order valence-corrected chi connectivity index (χ4v) is 2.23. The van der Waals surface area contributed by atoms with E-state index in [1.165, 1.54) is 6.20 Å². The van der Waals surface area contributed by atoms with Crippen LogP contribution in [0.3, 0.4) is 0 Å². The molecule has 0 bridgehead atoms. The molecule has 0 unspecified atom stereocenters. The van der Waals surface area contributed by atoms with Crippen LogP contribution in [0.1, 0.15) is 16.1 Å². The summed E-state index contributed by atoms with van der Waals surface area (Å²) in [6.07, 6.45) is 3.17. The van der Waals surface area contributed by atoms with Crippen molar-refractivity contribution in [2.24, 2.45) is 0 Å². The molecule has 6 heteroatoms. The molecule has 0 aliphatic heterocycles. The summed E-state index contributed by atoms with van der Waals surface area (Å²) in [6, 6.07) is 7.15. The van der Waals surface area contributed by atoms with Crippen LogP contribution >= 0.6 is 11.6 Å². The summed E-state index contributed by atoms with van der Waals surface area (Å²) in [6.45, 7) is 1.80. The molecule has 0 radical (unpaired) electrons. The molecule has 0 saturated heterocycles. The number of H-pyrrole nitrogens is 1. The van der Waals surface area contributed by atoms with Gasteiger partial charge in [0.15, 0.2) is 0 Å². The first-order valence-corrected chi connectivity index (χ1v) is 6.39. The SMILES string of the molecule is Cc1[nH]ncc1C(=O)Nc1ccc(Cl)c2ncccc12. The van der Waals surface area contributed by atoms with E-state index in [9.17, 15) is 4.79 Å². The van der Waals surface area contributed by atoms with Crippen LogP contribution in [0.15, 0.2) is 36.7 Å². The zero-order valence-corrected chi connectivity index (χ0v) is 11.4. The maximum absolute atomic E-state index is 12.2. The molecule has 0 aliphatic carbocycles. The van der Waals surface area contributed by atoms with Crippen molar-refractivity contribution >= 4 is 34.1 Å². The largest absolute Gasteiger partial charge is 0.321 e. The van der Waals surface area contributed by atoms with Crippen molar-refractivity contribution in [1.29, 1.82) is 0 Å². The Morgan fingerprint density at radius 3 is 2.95 bits per heavy atom. The predicted molar refractivity (Wildman–Crippen MR) is 78.0 cm³/mol. The fourth-order valence-electron chi connectivity index (χ4n) is 2.02. The Bertz CT molecular complexity index is 797. The van der Waals surface area contributed by atoms with Gasteiger partial charge in [-0.1, -0.05) is 11.6 Å². The lowest BCUT2D eigenvalue weighted by Gasteiger charge is -2.08. The molecule has 20 heavy (non-hydrogen) atoms. The molecular weight excluding hydrogens is 276 g/mol. The minimum atomic E-state index is -0.219. The van der Waals surface area contributed by atoms with Crippen molar-refractivity contribution in [2.45, 2.75) is 6.92 Å². The standard InChI is InChI=1S/C14H11ClN4O/c1-8-10(7-17-19-8)14(20)18-12-5-4-11(15)13-9(12)3-2-6-16-13/h2-7H,1H3,(H,17,19)(H,18,20). The molecule has 1 aromatic carbocycles. The number of amides is 1. The number of aromatic amines is 1. The lowest BCUT2D eigenvalue weighted by atomic mass is 10.1. The molecule has 0 saturated carbocycles. The number of anilines is 1. The van der Waals surface area contributed by atoms with E-state index in [0.29, 0.717) is 21.8 Å². The summed E-state index contributed by atoms with van der Waals surface area (Å²) in [5.41, 5.74) is 2.56. The first-order chi connectivity index (χ1) is 9.66. The zero-order valence-electron chi connectivity index (χ0n) is 10.6. The van der Waals surface area contributed by atoms with E-state index < -0.39 is 0 Å². The minimum Gasteiger partial charge on any atom is -0.321 e. The van der Waals surface area contributed by atoms with Crippen LogP contribution in [0.5, 0.6) is 0 Å². The fraction of sp³-hybridized carbons (Fsp3) is 0.0714. The topological polar surface area (TPSA) is 70.7 Å². The molecule has 0 aliphatic rings. The van der Waals surface area contributed by atoms with Gasteiger partial charge < -0.3 is 5.32 Å². The Balaban J connectivity index is 2.02. The van der Waals surface area contributed by atoms with Gasteiger partial charge in [0.25, 0.3) is 5.91 Å². The highest BCUT2D eigenvalue weighted by atomic mass is 35.5. The number of hydrogen-bond acceptors (Lipinski definition) is 3. The number of halogens is 1. The average molecular weight is 287 g/mol. The number of fused-ring (bicyclic) bond motifs is 1. The van der Waals surface area contributed by atoms with E-state index in [2.05, 4.69) is 20.5 Å². The van der Waals surface area contributed by atoms with Crippen molar-refractivity contribution < 1.29 is 4.79 Å². The maximum atomic E-state index is 12.2. The van der Waals surface area contributed by atoms with Crippen molar-refractivity contribution in [3.63, 3.8) is 0 Å². The van der Waals surface area contributed by atoms with Crippen LogP contribution in [0.4, 0.5) is 5.69 Å². The molecule has 1 amide bonds. The van der Waals surface area contributed by atoms with Crippen LogP contribution in [0.2, 0.25) is 5.02 Å². The second kappa shape index (κ2) is 4.94. The molecular formula is C14H11ClN4O. The van der Waals surface area contributed by atoms with Gasteiger partial charge in [-0.05, 0) is 31.2 Å². The monoisotopic (exact) mass is 286 g/mol. The summed E-state index contributed by atoms with van der Waals surface area (Å²) in [5, 5.41) is 10.8. The molecule has 2 N–H and O–H groups in total. The Hall–Kier alpha value is -2.40. The molecule has 2 heterocycles. The van der Waals surface area contributed by atoms with Gasteiger partial charge in [-0.25, -0.2) is 0 Å². The summed E-state index contributed by atoms with van der Waals surface area (Å²) in [4.78, 5) is 16.4. The number of aromatic nitrogens is 3. The van der Waals surface area contributed by atoms with Gasteiger partial charge in [0, 0.05) is 17.3 Å². The highest BCUT2D eigenvalue weighted by Gasteiger charge is 2.13. The third-order valence-electron chi connectivity index (χ3n) is 3.04. The number of pyridine rings is 1. The number of rotatable bonds is 2. The third kappa shape index (κ3) is 2.12. The van der Waals surface area contributed by atoms with Crippen LogP contribution in [-0.4, -0.2) is 21.1 Å². The van der Waals surface area contributed by atoms with Gasteiger partial charge >= 0.3 is 0 Å². The number of carbonyl (C=O) groups is 1. The molecule has 2 aromatic heterocycles. The van der Waals surface area contributed by atoms with Crippen molar-refractivity contribution in [2.75, 3.05) is 5.32 Å². The van der Waals surface area contributed by atoms with E-state index in [1.54, 1.807) is 31.3 Å². The van der Waals surface area contributed by atoms with Crippen LogP contribution in [0.25, 0.3) is 10.9 Å². The number of hydrogen-bond donors (Lipinski definition) is 2. The van der Waals surface area contributed by atoms with E-state index in [0.717, 1.165) is 11.1 Å². The molecule has 100 valence electrons. The Kier molecular flexibility index (Phi) is 3.12. The Morgan fingerprint density at radius 1 is 1.35 bits per heavy atom. The first-order valence-electron chi connectivity index (χ1n) is 6.01. The van der Waals surface area contributed by atoms with E-state index in [4.69, 9.17) is 11.6 Å². The number of aryl methyl sites for hydroxylation is 1. The van der Waals surface area contributed by atoms with Gasteiger partial charge in [-0.3, -0.25) is 14.9 Å². The van der Waals surface area contributed by atoms with Gasteiger partial charge in [0.05, 0.1) is 28.0 Å². The Labute approximate surface area is 120 Å². The van der Waals surface area contributed by atoms with Gasteiger partial charge in [-0.2, -0.15) is 5.10 Å². The van der Waals surface area contributed by atoms with Crippen molar-refractivity contribution in [3.05, 3.63) is 52.9 Å². The smallest absolute Gasteiger partial charge is 0.259 e. The Morgan fingerprint density at radius 2 is 2.20 bits per heavy atom. The summed E-state index contributed by atoms with van der Waals surface area (Å²) < 4.78 is 0. The lowest BCUT2D eigenvalue weighted by molar-refractivity contribution is 0.102. The van der Waals surface area contributed by atoms with Gasteiger partial charge in [0.2, 0.25) is 0 Å². The number of nitrogens with one attached hydrogen (secondary N) is 2. The lowest BCUT2D eigenvalue weighted by Crippen LogP contribution is -2.12. The van der Waals surface area contributed by atoms with Crippen LogP contribution in [0, 0.1) is 6.92 Å². The van der Waals surface area contributed by atoms with E-state index in [1.807, 2.05) is 6.07 Å². The average Bonchev–Trinajstić information content (AvgIpc) is 2.88. The molecule has 3 aromatic rings.